The molecule has 0 radical (unpaired) electrons. The average molecular weight is 313 g/mol. The van der Waals surface area contributed by atoms with Gasteiger partial charge in [-0.3, -0.25) is 0 Å². The van der Waals surface area contributed by atoms with E-state index in [9.17, 15) is 13.2 Å². The molecule has 2 heterocycles. The molecule has 0 bridgehead atoms. The third kappa shape index (κ3) is 3.17. The molecule has 0 aliphatic heterocycles. The van der Waals surface area contributed by atoms with Gasteiger partial charge in [0.15, 0.2) is 0 Å². The molecule has 2 aromatic heterocycles. The third-order valence-corrected chi connectivity index (χ3v) is 4.35. The molecular formula is C13H15NO6S. The van der Waals surface area contributed by atoms with Gasteiger partial charge in [-0.05, 0) is 39.0 Å². The number of carboxylic acid groups (broad SMARTS) is 1. The van der Waals surface area contributed by atoms with Gasteiger partial charge in [-0.1, -0.05) is 0 Å². The van der Waals surface area contributed by atoms with Crippen LogP contribution in [-0.4, -0.2) is 19.5 Å². The van der Waals surface area contributed by atoms with Gasteiger partial charge in [0, 0.05) is 11.6 Å². The Labute approximate surface area is 121 Å². The van der Waals surface area contributed by atoms with Crippen LogP contribution in [0.1, 0.15) is 40.6 Å². The Morgan fingerprint density at radius 3 is 2.43 bits per heavy atom. The number of aryl methyl sites for hydroxylation is 2. The summed E-state index contributed by atoms with van der Waals surface area (Å²) < 4.78 is 36.9. The van der Waals surface area contributed by atoms with Crippen molar-refractivity contribution in [3.8, 4) is 0 Å². The molecule has 0 saturated heterocycles. The van der Waals surface area contributed by atoms with E-state index in [-0.39, 0.29) is 0 Å². The molecule has 0 amide bonds. The minimum absolute atomic E-state index is 0.432. The second-order valence-corrected chi connectivity index (χ2v) is 6.28. The fourth-order valence-corrected chi connectivity index (χ4v) is 3.17. The van der Waals surface area contributed by atoms with Crippen LogP contribution in [0.25, 0.3) is 0 Å². The third-order valence-electron chi connectivity index (χ3n) is 2.93. The molecule has 2 N–H and O–H groups in total. The maximum absolute atomic E-state index is 12.1. The molecule has 2 aromatic rings. The highest BCUT2D eigenvalue weighted by molar-refractivity contribution is 7.89. The number of carboxylic acids is 1. The lowest BCUT2D eigenvalue weighted by Gasteiger charge is -2.12. The van der Waals surface area contributed by atoms with E-state index in [1.54, 1.807) is 26.8 Å². The van der Waals surface area contributed by atoms with E-state index in [4.69, 9.17) is 13.9 Å². The summed E-state index contributed by atoms with van der Waals surface area (Å²) >= 11 is 0. The Morgan fingerprint density at radius 2 is 1.95 bits per heavy atom. The minimum atomic E-state index is -3.95. The van der Waals surface area contributed by atoms with Crippen molar-refractivity contribution in [3.05, 3.63) is 41.0 Å². The first kappa shape index (κ1) is 15.3. The number of aromatic carboxylic acids is 1. The predicted octanol–water partition coefficient (Wildman–Crippen LogP) is 2.23. The van der Waals surface area contributed by atoms with E-state index in [2.05, 4.69) is 4.72 Å². The van der Waals surface area contributed by atoms with Crippen LogP contribution in [0, 0.1) is 13.8 Å². The van der Waals surface area contributed by atoms with E-state index in [1.807, 2.05) is 0 Å². The molecular weight excluding hydrogens is 298 g/mol. The molecule has 0 aliphatic rings. The van der Waals surface area contributed by atoms with Crippen molar-refractivity contribution in [2.24, 2.45) is 0 Å². The number of furan rings is 2. The lowest BCUT2D eigenvalue weighted by molar-refractivity contribution is 0.0656. The van der Waals surface area contributed by atoms with E-state index in [1.165, 1.54) is 0 Å². The largest absolute Gasteiger partial charge is 0.475 e. The summed E-state index contributed by atoms with van der Waals surface area (Å²) in [6.07, 6.45) is 0. The highest BCUT2D eigenvalue weighted by Gasteiger charge is 2.25. The van der Waals surface area contributed by atoms with Crippen LogP contribution in [0.5, 0.6) is 0 Å². The van der Waals surface area contributed by atoms with Gasteiger partial charge in [-0.25, -0.2) is 17.9 Å². The topological polar surface area (TPSA) is 110 Å². The van der Waals surface area contributed by atoms with Crippen LogP contribution in [0.15, 0.2) is 32.1 Å². The standard InChI is InChI=1S/C13H15NO6S/c1-7-6-10(9(3)19-7)8(2)14-21(17,18)12-5-4-11(20-12)13(15)16/h4-6,8,14H,1-3H3,(H,15,16). The lowest BCUT2D eigenvalue weighted by Crippen LogP contribution is -2.26. The van der Waals surface area contributed by atoms with Crippen molar-refractivity contribution < 1.29 is 27.2 Å². The van der Waals surface area contributed by atoms with Crippen molar-refractivity contribution in [2.75, 3.05) is 0 Å². The van der Waals surface area contributed by atoms with Gasteiger partial charge in [0.05, 0.1) is 0 Å². The zero-order valence-corrected chi connectivity index (χ0v) is 12.5. The number of hydrogen-bond acceptors (Lipinski definition) is 5. The van der Waals surface area contributed by atoms with Gasteiger partial charge in [0.25, 0.3) is 10.0 Å². The van der Waals surface area contributed by atoms with Gasteiger partial charge in [0.2, 0.25) is 10.9 Å². The predicted molar refractivity (Wildman–Crippen MR) is 72.6 cm³/mol. The summed E-state index contributed by atoms with van der Waals surface area (Å²) in [5.74, 6) is -0.461. The minimum Gasteiger partial charge on any atom is -0.475 e. The number of carbonyl (C=O) groups is 1. The quantitative estimate of drug-likeness (QED) is 0.876. The number of rotatable bonds is 5. The van der Waals surface area contributed by atoms with Crippen LogP contribution in [0.3, 0.4) is 0 Å². The van der Waals surface area contributed by atoms with Gasteiger partial charge >= 0.3 is 5.97 Å². The molecule has 21 heavy (non-hydrogen) atoms. The maximum atomic E-state index is 12.1. The fourth-order valence-electron chi connectivity index (χ4n) is 2.01. The second-order valence-electron chi connectivity index (χ2n) is 4.64. The Hall–Kier alpha value is -2.06. The van der Waals surface area contributed by atoms with Crippen LogP contribution in [0.4, 0.5) is 0 Å². The van der Waals surface area contributed by atoms with Crippen molar-refractivity contribution in [1.82, 2.24) is 4.72 Å². The first-order chi connectivity index (χ1) is 9.70. The highest BCUT2D eigenvalue weighted by Crippen LogP contribution is 2.23. The summed E-state index contributed by atoms with van der Waals surface area (Å²) in [4.78, 5) is 10.7. The molecule has 2 rings (SSSR count). The van der Waals surface area contributed by atoms with Gasteiger partial charge in [-0.2, -0.15) is 0 Å². The van der Waals surface area contributed by atoms with Crippen LogP contribution < -0.4 is 4.72 Å². The number of sulfonamides is 1. The number of hydrogen-bond donors (Lipinski definition) is 2. The van der Waals surface area contributed by atoms with Crippen molar-refractivity contribution in [2.45, 2.75) is 31.9 Å². The van der Waals surface area contributed by atoms with Crippen molar-refractivity contribution in [3.63, 3.8) is 0 Å². The SMILES string of the molecule is Cc1cc(C(C)NS(=O)(=O)c2ccc(C(=O)O)o2)c(C)o1. The molecule has 0 aromatic carbocycles. The van der Waals surface area contributed by atoms with Crippen molar-refractivity contribution in [1.29, 1.82) is 0 Å². The van der Waals surface area contributed by atoms with E-state index < -0.39 is 32.9 Å². The zero-order chi connectivity index (χ0) is 15.8. The van der Waals surface area contributed by atoms with E-state index >= 15 is 0 Å². The molecule has 0 fully saturated rings. The van der Waals surface area contributed by atoms with Crippen molar-refractivity contribution >= 4 is 16.0 Å². The molecule has 1 unspecified atom stereocenters. The molecule has 7 nitrogen and oxygen atoms in total. The van der Waals surface area contributed by atoms with Gasteiger partial charge < -0.3 is 13.9 Å². The summed E-state index contributed by atoms with van der Waals surface area (Å²) in [6.45, 7) is 5.17. The Balaban J connectivity index is 2.24. The molecule has 0 aliphatic carbocycles. The average Bonchev–Trinajstić information content (AvgIpc) is 2.95. The van der Waals surface area contributed by atoms with E-state index in [0.29, 0.717) is 17.1 Å². The van der Waals surface area contributed by atoms with E-state index in [0.717, 1.165) is 12.1 Å². The Bertz CT molecular complexity index is 770. The smallest absolute Gasteiger partial charge is 0.371 e. The summed E-state index contributed by atoms with van der Waals surface area (Å²) in [5, 5.41) is 8.30. The summed E-state index contributed by atoms with van der Waals surface area (Å²) in [6, 6.07) is 3.40. The van der Waals surface area contributed by atoms with Crippen LogP contribution in [0.2, 0.25) is 0 Å². The summed E-state index contributed by atoms with van der Waals surface area (Å²) in [5.41, 5.74) is 0.709. The van der Waals surface area contributed by atoms with Crippen LogP contribution in [-0.2, 0) is 10.0 Å². The second kappa shape index (κ2) is 5.38. The monoisotopic (exact) mass is 313 g/mol. The Kier molecular flexibility index (Phi) is 3.93. The first-order valence-electron chi connectivity index (χ1n) is 6.13. The molecule has 0 saturated carbocycles. The van der Waals surface area contributed by atoms with Gasteiger partial charge in [-0.15, -0.1) is 0 Å². The highest BCUT2D eigenvalue weighted by atomic mass is 32.2. The van der Waals surface area contributed by atoms with Gasteiger partial charge in [0.1, 0.15) is 11.5 Å². The zero-order valence-electron chi connectivity index (χ0n) is 11.7. The number of nitrogens with one attached hydrogen (secondary N) is 1. The molecule has 1 atom stereocenters. The normalized spacial score (nSPS) is 13.3. The van der Waals surface area contributed by atoms with Crippen LogP contribution >= 0.6 is 0 Å². The molecule has 8 heteroatoms. The first-order valence-corrected chi connectivity index (χ1v) is 7.61. The molecule has 0 spiro atoms. The Morgan fingerprint density at radius 1 is 1.29 bits per heavy atom. The molecule has 114 valence electrons. The lowest BCUT2D eigenvalue weighted by atomic mass is 10.1. The summed E-state index contributed by atoms with van der Waals surface area (Å²) in [7, 11) is -3.95. The maximum Gasteiger partial charge on any atom is 0.371 e. The fraction of sp³-hybridized carbons (Fsp3) is 0.308.